The Bertz CT molecular complexity index is 586. The van der Waals surface area contributed by atoms with Crippen molar-refractivity contribution < 1.29 is 14.2 Å². The van der Waals surface area contributed by atoms with Gasteiger partial charge >= 0.3 is 0 Å². The molecule has 0 aromatic heterocycles. The first-order valence-corrected chi connectivity index (χ1v) is 6.89. The lowest BCUT2D eigenvalue weighted by atomic mass is 10.00. The molecular weight excluding hydrogens is 252 g/mol. The van der Waals surface area contributed by atoms with Crippen molar-refractivity contribution in [2.45, 2.75) is 12.8 Å². The number of allylic oxidation sites excluding steroid dienone is 2. The van der Waals surface area contributed by atoms with Crippen molar-refractivity contribution in [1.82, 2.24) is 0 Å². The summed E-state index contributed by atoms with van der Waals surface area (Å²) in [5.74, 6) is 3.52. The molecule has 3 heteroatoms. The van der Waals surface area contributed by atoms with Crippen LogP contribution in [0.5, 0.6) is 17.2 Å². The highest BCUT2D eigenvalue weighted by Gasteiger charge is 2.41. The number of methoxy groups -OCH3 is 3. The summed E-state index contributed by atoms with van der Waals surface area (Å²) in [6, 6.07) is 2.08. The first-order valence-electron chi connectivity index (χ1n) is 6.89. The summed E-state index contributed by atoms with van der Waals surface area (Å²) in [5, 5.41) is 0. The Morgan fingerprint density at radius 2 is 1.90 bits per heavy atom. The Labute approximate surface area is 119 Å². The van der Waals surface area contributed by atoms with Gasteiger partial charge in [-0.3, -0.25) is 0 Å². The summed E-state index contributed by atoms with van der Waals surface area (Å²) in [5.41, 5.74) is 3.68. The van der Waals surface area contributed by atoms with E-state index < -0.39 is 0 Å². The third kappa shape index (κ3) is 1.89. The van der Waals surface area contributed by atoms with Gasteiger partial charge in [-0.25, -0.2) is 0 Å². The zero-order valence-electron chi connectivity index (χ0n) is 12.2. The largest absolute Gasteiger partial charge is 0.493 e. The SMILES string of the molecule is C=CC1=Cc2c(cc(OC)c(OC)c2OC)CC2CC12. The number of fused-ring (bicyclic) bond motifs is 2. The standard InChI is InChI=1S/C17H20O3/c1-5-10-7-14-12(6-11-8-13(10)11)9-15(18-2)17(20-4)16(14)19-3/h5,7,9,11,13H,1,6,8H2,2-4H3. The highest BCUT2D eigenvalue weighted by atomic mass is 16.5. The monoisotopic (exact) mass is 272 g/mol. The lowest BCUT2D eigenvalue weighted by molar-refractivity contribution is 0.323. The fraction of sp³-hybridized carbons (Fsp3) is 0.412. The molecule has 0 radical (unpaired) electrons. The van der Waals surface area contributed by atoms with Gasteiger partial charge in [-0.1, -0.05) is 12.7 Å². The van der Waals surface area contributed by atoms with Crippen LogP contribution in [0.2, 0.25) is 0 Å². The molecule has 1 saturated carbocycles. The maximum atomic E-state index is 5.59. The minimum absolute atomic E-state index is 0.654. The van der Waals surface area contributed by atoms with E-state index in [0.717, 1.165) is 29.4 Å². The highest BCUT2D eigenvalue weighted by molar-refractivity contribution is 5.73. The molecule has 2 aliphatic carbocycles. The van der Waals surface area contributed by atoms with Crippen molar-refractivity contribution in [2.75, 3.05) is 21.3 Å². The van der Waals surface area contributed by atoms with Gasteiger partial charge in [0.2, 0.25) is 5.75 Å². The summed E-state index contributed by atoms with van der Waals surface area (Å²) >= 11 is 0. The van der Waals surface area contributed by atoms with Crippen molar-refractivity contribution in [2.24, 2.45) is 11.8 Å². The van der Waals surface area contributed by atoms with Crippen LogP contribution in [0.3, 0.4) is 0 Å². The predicted octanol–water partition coefficient (Wildman–Crippen LogP) is 3.47. The molecule has 1 aromatic carbocycles. The average molecular weight is 272 g/mol. The van der Waals surface area contributed by atoms with E-state index in [9.17, 15) is 0 Å². The van der Waals surface area contributed by atoms with E-state index in [1.54, 1.807) is 21.3 Å². The molecule has 106 valence electrons. The van der Waals surface area contributed by atoms with Crippen LogP contribution < -0.4 is 14.2 Å². The van der Waals surface area contributed by atoms with E-state index in [0.29, 0.717) is 11.7 Å². The molecule has 1 fully saturated rings. The second-order valence-corrected chi connectivity index (χ2v) is 5.37. The third-order valence-electron chi connectivity index (χ3n) is 4.33. The molecule has 0 bridgehead atoms. The maximum Gasteiger partial charge on any atom is 0.203 e. The smallest absolute Gasteiger partial charge is 0.203 e. The molecule has 3 nitrogen and oxygen atoms in total. The van der Waals surface area contributed by atoms with E-state index in [4.69, 9.17) is 14.2 Å². The van der Waals surface area contributed by atoms with Crippen LogP contribution >= 0.6 is 0 Å². The molecule has 2 aliphatic rings. The minimum Gasteiger partial charge on any atom is -0.493 e. The molecular formula is C17H20O3. The van der Waals surface area contributed by atoms with Gasteiger partial charge in [-0.2, -0.15) is 0 Å². The molecule has 0 aliphatic heterocycles. The molecule has 2 unspecified atom stereocenters. The van der Waals surface area contributed by atoms with Gasteiger partial charge in [-0.05, 0) is 48.0 Å². The molecule has 0 N–H and O–H groups in total. The van der Waals surface area contributed by atoms with Gasteiger partial charge in [0.15, 0.2) is 11.5 Å². The predicted molar refractivity (Wildman–Crippen MR) is 79.6 cm³/mol. The van der Waals surface area contributed by atoms with Crippen molar-refractivity contribution in [3.8, 4) is 17.2 Å². The lowest BCUT2D eigenvalue weighted by Gasteiger charge is -2.17. The summed E-state index contributed by atoms with van der Waals surface area (Å²) < 4.78 is 16.5. The number of ether oxygens (including phenoxy) is 3. The van der Waals surface area contributed by atoms with Gasteiger partial charge in [0.05, 0.1) is 21.3 Å². The van der Waals surface area contributed by atoms with Crippen molar-refractivity contribution in [1.29, 1.82) is 0 Å². The van der Waals surface area contributed by atoms with Crippen LogP contribution in [0.4, 0.5) is 0 Å². The Kier molecular flexibility index (Phi) is 3.20. The molecule has 0 saturated heterocycles. The van der Waals surface area contributed by atoms with Crippen molar-refractivity contribution in [3.63, 3.8) is 0 Å². The maximum absolute atomic E-state index is 5.59. The molecule has 0 spiro atoms. The van der Waals surface area contributed by atoms with Crippen LogP contribution in [0.25, 0.3) is 6.08 Å². The third-order valence-corrected chi connectivity index (χ3v) is 4.33. The number of hydrogen-bond acceptors (Lipinski definition) is 3. The lowest BCUT2D eigenvalue weighted by Crippen LogP contribution is -2.01. The van der Waals surface area contributed by atoms with Crippen LogP contribution in [-0.2, 0) is 6.42 Å². The summed E-state index contributed by atoms with van der Waals surface area (Å²) in [4.78, 5) is 0. The second kappa shape index (κ2) is 4.89. The number of benzene rings is 1. The highest BCUT2D eigenvalue weighted by Crippen LogP contribution is 2.53. The zero-order chi connectivity index (χ0) is 14.3. The minimum atomic E-state index is 0.654. The van der Waals surface area contributed by atoms with Crippen LogP contribution in [0.15, 0.2) is 24.3 Å². The quantitative estimate of drug-likeness (QED) is 0.840. The number of hydrogen-bond donors (Lipinski definition) is 0. The van der Waals surface area contributed by atoms with E-state index in [1.165, 1.54) is 17.6 Å². The van der Waals surface area contributed by atoms with E-state index in [-0.39, 0.29) is 0 Å². The Hall–Kier alpha value is -1.90. The van der Waals surface area contributed by atoms with Gasteiger partial charge in [0.1, 0.15) is 0 Å². The molecule has 20 heavy (non-hydrogen) atoms. The average Bonchev–Trinajstić information content (AvgIpc) is 3.23. The van der Waals surface area contributed by atoms with Gasteiger partial charge < -0.3 is 14.2 Å². The zero-order valence-corrected chi connectivity index (χ0v) is 12.2. The molecule has 0 heterocycles. The summed E-state index contributed by atoms with van der Waals surface area (Å²) in [7, 11) is 4.97. The molecule has 3 rings (SSSR count). The van der Waals surface area contributed by atoms with Crippen LogP contribution in [0.1, 0.15) is 17.5 Å². The Morgan fingerprint density at radius 3 is 2.50 bits per heavy atom. The molecule has 1 aromatic rings. The summed E-state index contributed by atoms with van der Waals surface area (Å²) in [6.45, 7) is 3.94. The molecule has 2 atom stereocenters. The van der Waals surface area contributed by atoms with Crippen LogP contribution in [0, 0.1) is 11.8 Å². The van der Waals surface area contributed by atoms with E-state index >= 15 is 0 Å². The van der Waals surface area contributed by atoms with E-state index in [1.807, 2.05) is 6.08 Å². The normalized spacial score (nSPS) is 22.9. The first-order chi connectivity index (χ1) is 9.73. The fourth-order valence-corrected chi connectivity index (χ4v) is 3.20. The van der Waals surface area contributed by atoms with Gasteiger partial charge in [0, 0.05) is 5.56 Å². The van der Waals surface area contributed by atoms with E-state index in [2.05, 4.69) is 18.7 Å². The van der Waals surface area contributed by atoms with Crippen molar-refractivity contribution >= 4 is 6.08 Å². The fourth-order valence-electron chi connectivity index (χ4n) is 3.20. The molecule has 0 amide bonds. The van der Waals surface area contributed by atoms with Crippen LogP contribution in [-0.4, -0.2) is 21.3 Å². The van der Waals surface area contributed by atoms with Gasteiger partial charge in [-0.15, -0.1) is 0 Å². The topological polar surface area (TPSA) is 27.7 Å². The second-order valence-electron chi connectivity index (χ2n) is 5.37. The summed E-state index contributed by atoms with van der Waals surface area (Å²) in [6.07, 6.45) is 6.48. The Morgan fingerprint density at radius 1 is 1.15 bits per heavy atom. The van der Waals surface area contributed by atoms with Crippen molar-refractivity contribution in [3.05, 3.63) is 35.4 Å². The number of rotatable bonds is 4. The Balaban J connectivity index is 2.22. The van der Waals surface area contributed by atoms with Gasteiger partial charge in [0.25, 0.3) is 0 Å². The first kappa shape index (κ1) is 13.1.